The maximum atomic E-state index is 12.1. The molecule has 0 saturated carbocycles. The highest BCUT2D eigenvalue weighted by Gasteiger charge is 2.09. The summed E-state index contributed by atoms with van der Waals surface area (Å²) in [6, 6.07) is 14.9. The predicted octanol–water partition coefficient (Wildman–Crippen LogP) is 2.46. The lowest BCUT2D eigenvalue weighted by molar-refractivity contribution is -0.118. The van der Waals surface area contributed by atoms with Crippen LogP contribution in [0.3, 0.4) is 0 Å². The third-order valence-electron chi connectivity index (χ3n) is 4.46. The largest absolute Gasteiger partial charge is 0.493 e. The van der Waals surface area contributed by atoms with Gasteiger partial charge < -0.3 is 24.8 Å². The van der Waals surface area contributed by atoms with E-state index in [2.05, 4.69) is 15.5 Å². The minimum Gasteiger partial charge on any atom is -0.493 e. The monoisotopic (exact) mass is 385 g/mol. The zero-order valence-corrected chi connectivity index (χ0v) is 16.1. The average molecular weight is 385 g/mol. The maximum Gasteiger partial charge on any atom is 0.262 e. The smallest absolute Gasteiger partial charge is 0.262 e. The number of hydrogen-bond acceptors (Lipinski definition) is 6. The number of benzene rings is 2. The van der Waals surface area contributed by atoms with Crippen molar-refractivity contribution in [3.63, 3.8) is 0 Å². The van der Waals surface area contributed by atoms with Gasteiger partial charge in [-0.1, -0.05) is 12.1 Å². The summed E-state index contributed by atoms with van der Waals surface area (Å²) < 4.78 is 16.1. The van der Waals surface area contributed by atoms with Gasteiger partial charge in [-0.15, -0.1) is 0 Å². The highest BCUT2D eigenvalue weighted by molar-refractivity contribution is 5.92. The first-order valence-electron chi connectivity index (χ1n) is 9.44. The van der Waals surface area contributed by atoms with Crippen LogP contribution < -0.4 is 20.1 Å². The van der Waals surface area contributed by atoms with E-state index in [4.69, 9.17) is 14.2 Å². The zero-order chi connectivity index (χ0) is 19.6. The van der Waals surface area contributed by atoms with Gasteiger partial charge in [-0.05, 0) is 36.4 Å². The summed E-state index contributed by atoms with van der Waals surface area (Å²) in [5.74, 6) is 0.918. The molecule has 0 aromatic heterocycles. The molecule has 0 radical (unpaired) electrons. The van der Waals surface area contributed by atoms with Gasteiger partial charge in [0.15, 0.2) is 18.1 Å². The van der Waals surface area contributed by atoms with Crippen LogP contribution >= 0.6 is 0 Å². The van der Waals surface area contributed by atoms with E-state index in [9.17, 15) is 4.79 Å². The van der Waals surface area contributed by atoms with Crippen molar-refractivity contribution in [2.24, 2.45) is 0 Å². The van der Waals surface area contributed by atoms with E-state index in [1.165, 1.54) is 0 Å². The minimum absolute atomic E-state index is 0.0834. The maximum absolute atomic E-state index is 12.1. The summed E-state index contributed by atoms with van der Waals surface area (Å²) in [6.45, 7) is 5.39. The van der Waals surface area contributed by atoms with Crippen molar-refractivity contribution in [2.45, 2.75) is 0 Å². The molecule has 1 aliphatic rings. The number of rotatable bonds is 9. The molecular weight excluding hydrogens is 358 g/mol. The van der Waals surface area contributed by atoms with Gasteiger partial charge >= 0.3 is 0 Å². The van der Waals surface area contributed by atoms with E-state index < -0.39 is 0 Å². The molecule has 1 fully saturated rings. The number of nitrogens with one attached hydrogen (secondary N) is 2. The minimum atomic E-state index is -0.223. The van der Waals surface area contributed by atoms with Gasteiger partial charge in [-0.2, -0.15) is 0 Å². The lowest BCUT2D eigenvalue weighted by atomic mass is 10.2. The van der Waals surface area contributed by atoms with Gasteiger partial charge in [-0.3, -0.25) is 9.69 Å². The van der Waals surface area contributed by atoms with Crippen LogP contribution in [0.1, 0.15) is 0 Å². The van der Waals surface area contributed by atoms with Crippen LogP contribution in [0.15, 0.2) is 48.5 Å². The van der Waals surface area contributed by atoms with E-state index in [1.54, 1.807) is 19.2 Å². The number of ether oxygens (including phenoxy) is 3. The zero-order valence-electron chi connectivity index (χ0n) is 16.1. The lowest BCUT2D eigenvalue weighted by Gasteiger charge is -2.26. The molecule has 7 nitrogen and oxygen atoms in total. The summed E-state index contributed by atoms with van der Waals surface area (Å²) in [4.78, 5) is 14.5. The normalized spacial score (nSPS) is 14.3. The molecule has 1 saturated heterocycles. The fraction of sp³-hybridized carbons (Fsp3) is 0.381. The second kappa shape index (κ2) is 10.5. The fourth-order valence-electron chi connectivity index (χ4n) is 2.93. The van der Waals surface area contributed by atoms with Gasteiger partial charge in [0.05, 0.1) is 20.3 Å². The number of methoxy groups -OCH3 is 1. The molecule has 2 N–H and O–H groups in total. The third kappa shape index (κ3) is 6.14. The molecule has 1 aliphatic heterocycles. The molecule has 2 aromatic rings. The molecule has 28 heavy (non-hydrogen) atoms. The van der Waals surface area contributed by atoms with Crippen molar-refractivity contribution in [3.05, 3.63) is 48.5 Å². The summed E-state index contributed by atoms with van der Waals surface area (Å²) >= 11 is 0. The SMILES string of the molecule is COc1ccccc1OCC(=O)Nc1ccc(NCCN2CCOCC2)cc1. The average Bonchev–Trinajstić information content (AvgIpc) is 2.74. The molecule has 0 bridgehead atoms. The topological polar surface area (TPSA) is 72.1 Å². The van der Waals surface area contributed by atoms with E-state index in [0.29, 0.717) is 11.5 Å². The standard InChI is InChI=1S/C21H27N3O4/c1-26-19-4-2-3-5-20(19)28-16-21(25)23-18-8-6-17(7-9-18)22-10-11-24-12-14-27-15-13-24/h2-9,22H,10-16H2,1H3,(H,23,25). The number of nitrogens with zero attached hydrogens (tertiary/aromatic N) is 1. The van der Waals surface area contributed by atoms with Crippen LogP contribution in [-0.2, 0) is 9.53 Å². The van der Waals surface area contributed by atoms with Crippen molar-refractivity contribution < 1.29 is 19.0 Å². The predicted molar refractivity (Wildman–Crippen MR) is 109 cm³/mol. The van der Waals surface area contributed by atoms with Crippen LogP contribution in [0.5, 0.6) is 11.5 Å². The third-order valence-corrected chi connectivity index (χ3v) is 4.46. The quantitative estimate of drug-likeness (QED) is 0.691. The molecule has 1 amide bonds. The van der Waals surface area contributed by atoms with E-state index in [-0.39, 0.29) is 12.5 Å². The van der Waals surface area contributed by atoms with Crippen molar-refractivity contribution in [2.75, 3.05) is 63.7 Å². The molecule has 150 valence electrons. The van der Waals surface area contributed by atoms with Crippen molar-refractivity contribution in [3.8, 4) is 11.5 Å². The molecule has 3 rings (SSSR count). The number of amides is 1. The van der Waals surface area contributed by atoms with Crippen LogP contribution in [0.25, 0.3) is 0 Å². The Kier molecular flexibility index (Phi) is 7.52. The second-order valence-electron chi connectivity index (χ2n) is 6.45. The van der Waals surface area contributed by atoms with Crippen molar-refractivity contribution >= 4 is 17.3 Å². The Morgan fingerprint density at radius 1 is 1.04 bits per heavy atom. The summed E-state index contributed by atoms with van der Waals surface area (Å²) in [5.41, 5.74) is 1.75. The van der Waals surface area contributed by atoms with Gasteiger partial charge in [-0.25, -0.2) is 0 Å². The molecule has 0 aliphatic carbocycles. The second-order valence-corrected chi connectivity index (χ2v) is 6.45. The highest BCUT2D eigenvalue weighted by Crippen LogP contribution is 2.25. The van der Waals surface area contributed by atoms with Crippen LogP contribution in [0.4, 0.5) is 11.4 Å². The Labute approximate surface area is 165 Å². The first kappa shape index (κ1) is 20.0. The molecule has 7 heteroatoms. The number of morpholine rings is 1. The van der Waals surface area contributed by atoms with Crippen LogP contribution in [0.2, 0.25) is 0 Å². The molecule has 0 spiro atoms. The van der Waals surface area contributed by atoms with Crippen molar-refractivity contribution in [1.82, 2.24) is 4.90 Å². The molecular formula is C21H27N3O4. The Hall–Kier alpha value is -2.77. The van der Waals surface area contributed by atoms with Crippen molar-refractivity contribution in [1.29, 1.82) is 0 Å². The molecule has 0 unspecified atom stereocenters. The number of anilines is 2. The fourth-order valence-corrected chi connectivity index (χ4v) is 2.93. The number of carbonyl (C=O) groups excluding carboxylic acids is 1. The summed E-state index contributed by atoms with van der Waals surface area (Å²) in [6.07, 6.45) is 0. The van der Waals surface area contributed by atoms with E-state index >= 15 is 0 Å². The van der Waals surface area contributed by atoms with E-state index in [1.807, 2.05) is 36.4 Å². The molecule has 2 aromatic carbocycles. The molecule has 0 atom stereocenters. The van der Waals surface area contributed by atoms with Gasteiger partial charge in [0, 0.05) is 37.6 Å². The summed E-state index contributed by atoms with van der Waals surface area (Å²) in [7, 11) is 1.57. The summed E-state index contributed by atoms with van der Waals surface area (Å²) in [5, 5.41) is 6.23. The Morgan fingerprint density at radius 3 is 2.43 bits per heavy atom. The first-order valence-corrected chi connectivity index (χ1v) is 9.44. The number of hydrogen-bond donors (Lipinski definition) is 2. The van der Waals surface area contributed by atoms with E-state index in [0.717, 1.165) is 50.8 Å². The lowest BCUT2D eigenvalue weighted by Crippen LogP contribution is -2.38. The Balaban J connectivity index is 1.40. The number of carbonyl (C=O) groups is 1. The Morgan fingerprint density at radius 2 is 1.71 bits per heavy atom. The number of para-hydroxylation sites is 2. The van der Waals surface area contributed by atoms with Gasteiger partial charge in [0.1, 0.15) is 0 Å². The van der Waals surface area contributed by atoms with Crippen LogP contribution in [-0.4, -0.2) is 63.9 Å². The Bertz CT molecular complexity index is 746. The highest BCUT2D eigenvalue weighted by atomic mass is 16.5. The van der Waals surface area contributed by atoms with Crippen LogP contribution in [0, 0.1) is 0 Å². The van der Waals surface area contributed by atoms with Gasteiger partial charge in [0.25, 0.3) is 5.91 Å². The first-order chi connectivity index (χ1) is 13.7. The van der Waals surface area contributed by atoms with Gasteiger partial charge in [0.2, 0.25) is 0 Å². The molecule has 1 heterocycles.